The van der Waals surface area contributed by atoms with Crippen molar-refractivity contribution in [2.45, 2.75) is 13.0 Å². The third kappa shape index (κ3) is 3.92. The Bertz CT molecular complexity index is 1180. The summed E-state index contributed by atoms with van der Waals surface area (Å²) in [7, 11) is 1.62. The SMILES string of the molecule is C=CCc1ccc(OCCn2c(-c3ccccc3F)nc3ccccc32)c(OC)c1. The maximum atomic E-state index is 14.5. The van der Waals surface area contributed by atoms with Crippen molar-refractivity contribution in [3.05, 3.63) is 90.8 Å². The van der Waals surface area contributed by atoms with Gasteiger partial charge in [-0.1, -0.05) is 36.4 Å². The van der Waals surface area contributed by atoms with E-state index in [1.165, 1.54) is 6.07 Å². The van der Waals surface area contributed by atoms with E-state index < -0.39 is 0 Å². The van der Waals surface area contributed by atoms with Gasteiger partial charge in [0.25, 0.3) is 0 Å². The number of halogens is 1. The molecule has 152 valence electrons. The van der Waals surface area contributed by atoms with E-state index in [4.69, 9.17) is 9.47 Å². The topological polar surface area (TPSA) is 36.3 Å². The van der Waals surface area contributed by atoms with Crippen molar-refractivity contribution < 1.29 is 13.9 Å². The van der Waals surface area contributed by atoms with Crippen LogP contribution >= 0.6 is 0 Å². The number of aromatic nitrogens is 2. The van der Waals surface area contributed by atoms with E-state index in [0.29, 0.717) is 36.0 Å². The van der Waals surface area contributed by atoms with Gasteiger partial charge in [0, 0.05) is 0 Å². The quantitative estimate of drug-likeness (QED) is 0.357. The maximum absolute atomic E-state index is 14.5. The van der Waals surface area contributed by atoms with Crippen LogP contribution in [0.15, 0.2) is 79.4 Å². The zero-order chi connectivity index (χ0) is 20.9. The number of benzene rings is 3. The molecule has 0 radical (unpaired) electrons. The second kappa shape index (κ2) is 8.82. The zero-order valence-corrected chi connectivity index (χ0v) is 16.8. The smallest absolute Gasteiger partial charge is 0.161 e. The van der Waals surface area contributed by atoms with Gasteiger partial charge in [0.05, 0.1) is 30.3 Å². The molecular weight excluding hydrogens is 379 g/mol. The Hall–Kier alpha value is -3.60. The maximum Gasteiger partial charge on any atom is 0.161 e. The lowest BCUT2D eigenvalue weighted by molar-refractivity contribution is 0.281. The number of ether oxygens (including phenoxy) is 2. The average molecular weight is 402 g/mol. The van der Waals surface area contributed by atoms with Crippen LogP contribution in [0.2, 0.25) is 0 Å². The first kappa shape index (κ1) is 19.7. The molecule has 0 unspecified atom stereocenters. The minimum Gasteiger partial charge on any atom is -0.493 e. The third-order valence-corrected chi connectivity index (χ3v) is 4.95. The highest BCUT2D eigenvalue weighted by atomic mass is 19.1. The van der Waals surface area contributed by atoms with E-state index >= 15 is 0 Å². The molecule has 0 saturated carbocycles. The molecule has 5 heteroatoms. The summed E-state index contributed by atoms with van der Waals surface area (Å²) >= 11 is 0. The summed E-state index contributed by atoms with van der Waals surface area (Å²) < 4.78 is 27.9. The summed E-state index contributed by atoms with van der Waals surface area (Å²) in [5, 5.41) is 0. The Morgan fingerprint density at radius 1 is 1.03 bits per heavy atom. The number of methoxy groups -OCH3 is 1. The Balaban J connectivity index is 1.61. The number of rotatable bonds is 8. The van der Waals surface area contributed by atoms with Crippen LogP contribution in [-0.4, -0.2) is 23.3 Å². The summed E-state index contributed by atoms with van der Waals surface area (Å²) in [6, 6.07) is 20.3. The summed E-state index contributed by atoms with van der Waals surface area (Å²) in [6.45, 7) is 4.67. The number of imidazole rings is 1. The Morgan fingerprint density at radius 3 is 2.63 bits per heavy atom. The first-order valence-corrected chi connectivity index (χ1v) is 9.82. The molecule has 4 rings (SSSR count). The molecule has 0 saturated heterocycles. The van der Waals surface area contributed by atoms with E-state index in [2.05, 4.69) is 11.6 Å². The van der Waals surface area contributed by atoms with Crippen LogP contribution in [0.1, 0.15) is 5.56 Å². The van der Waals surface area contributed by atoms with Gasteiger partial charge < -0.3 is 14.0 Å². The fourth-order valence-electron chi connectivity index (χ4n) is 3.52. The number of nitrogens with zero attached hydrogens (tertiary/aromatic N) is 2. The van der Waals surface area contributed by atoms with Crippen LogP contribution in [0.5, 0.6) is 11.5 Å². The molecule has 0 aliphatic rings. The van der Waals surface area contributed by atoms with Gasteiger partial charge in [0.15, 0.2) is 11.5 Å². The van der Waals surface area contributed by atoms with Crippen molar-refractivity contribution in [1.82, 2.24) is 9.55 Å². The Labute approximate surface area is 175 Å². The molecule has 1 aromatic heterocycles. The first-order valence-electron chi connectivity index (χ1n) is 9.82. The van der Waals surface area contributed by atoms with Gasteiger partial charge in [-0.2, -0.15) is 0 Å². The fraction of sp³-hybridized carbons (Fsp3) is 0.160. The minimum absolute atomic E-state index is 0.297. The fourth-order valence-corrected chi connectivity index (χ4v) is 3.52. The number of hydrogen-bond donors (Lipinski definition) is 0. The molecule has 4 nitrogen and oxygen atoms in total. The first-order chi connectivity index (χ1) is 14.7. The van der Waals surface area contributed by atoms with Crippen LogP contribution in [0.25, 0.3) is 22.4 Å². The minimum atomic E-state index is -0.297. The number of fused-ring (bicyclic) bond motifs is 1. The molecule has 1 heterocycles. The van der Waals surface area contributed by atoms with E-state index in [0.717, 1.165) is 23.0 Å². The third-order valence-electron chi connectivity index (χ3n) is 4.95. The van der Waals surface area contributed by atoms with Crippen molar-refractivity contribution in [3.63, 3.8) is 0 Å². The van der Waals surface area contributed by atoms with Gasteiger partial charge in [-0.3, -0.25) is 0 Å². The van der Waals surface area contributed by atoms with Gasteiger partial charge >= 0.3 is 0 Å². The standard InChI is InChI=1S/C25H23FN2O2/c1-3-8-18-13-14-23(24(17-18)29-2)30-16-15-28-22-12-7-6-11-21(22)27-25(28)19-9-4-5-10-20(19)26/h3-7,9-14,17H,1,8,15-16H2,2H3. The van der Waals surface area contributed by atoms with E-state index in [1.807, 2.05) is 59.2 Å². The molecule has 0 spiro atoms. The lowest BCUT2D eigenvalue weighted by atomic mass is 10.1. The molecule has 0 fully saturated rings. The van der Waals surface area contributed by atoms with Crippen LogP contribution < -0.4 is 9.47 Å². The normalized spacial score (nSPS) is 10.9. The number of allylic oxidation sites excluding steroid dienone is 1. The van der Waals surface area contributed by atoms with Gasteiger partial charge in [-0.05, 0) is 48.4 Å². The zero-order valence-electron chi connectivity index (χ0n) is 16.8. The second-order valence-electron chi connectivity index (χ2n) is 6.88. The van der Waals surface area contributed by atoms with Gasteiger partial charge in [-0.25, -0.2) is 9.37 Å². The molecule has 4 aromatic rings. The lowest BCUT2D eigenvalue weighted by Gasteiger charge is -2.14. The van der Waals surface area contributed by atoms with E-state index in [-0.39, 0.29) is 5.82 Å². The molecule has 0 amide bonds. The number of hydrogen-bond acceptors (Lipinski definition) is 3. The number of para-hydroxylation sites is 2. The van der Waals surface area contributed by atoms with Crippen LogP contribution in [0, 0.1) is 5.82 Å². The van der Waals surface area contributed by atoms with E-state index in [1.54, 1.807) is 19.2 Å². The second-order valence-corrected chi connectivity index (χ2v) is 6.88. The Kier molecular flexibility index (Phi) is 5.80. The predicted octanol–water partition coefficient (Wildman–Crippen LogP) is 5.66. The van der Waals surface area contributed by atoms with Crippen molar-refractivity contribution in [2.24, 2.45) is 0 Å². The highest BCUT2D eigenvalue weighted by Crippen LogP contribution is 2.30. The van der Waals surface area contributed by atoms with Gasteiger partial charge in [0.2, 0.25) is 0 Å². The summed E-state index contributed by atoms with van der Waals surface area (Å²) in [4.78, 5) is 4.67. The van der Waals surface area contributed by atoms with Crippen molar-refractivity contribution in [1.29, 1.82) is 0 Å². The average Bonchev–Trinajstić information content (AvgIpc) is 3.13. The van der Waals surface area contributed by atoms with Crippen LogP contribution in [0.3, 0.4) is 0 Å². The van der Waals surface area contributed by atoms with Crippen LogP contribution in [-0.2, 0) is 13.0 Å². The highest BCUT2D eigenvalue weighted by Gasteiger charge is 2.15. The molecule has 0 atom stereocenters. The van der Waals surface area contributed by atoms with Gasteiger partial charge in [-0.15, -0.1) is 6.58 Å². The monoisotopic (exact) mass is 402 g/mol. The van der Waals surface area contributed by atoms with Crippen molar-refractivity contribution in [3.8, 4) is 22.9 Å². The highest BCUT2D eigenvalue weighted by molar-refractivity contribution is 5.80. The molecule has 0 aliphatic heterocycles. The largest absolute Gasteiger partial charge is 0.493 e. The molecule has 0 bridgehead atoms. The molecule has 3 aromatic carbocycles. The molecule has 0 N–H and O–H groups in total. The summed E-state index contributed by atoms with van der Waals surface area (Å²) in [5.41, 5.74) is 3.34. The summed E-state index contributed by atoms with van der Waals surface area (Å²) in [5.74, 6) is 1.64. The van der Waals surface area contributed by atoms with Crippen molar-refractivity contribution >= 4 is 11.0 Å². The lowest BCUT2D eigenvalue weighted by Crippen LogP contribution is -2.10. The molecular formula is C25H23FN2O2. The van der Waals surface area contributed by atoms with Crippen LogP contribution in [0.4, 0.5) is 4.39 Å². The van der Waals surface area contributed by atoms with Gasteiger partial charge in [0.1, 0.15) is 18.2 Å². The van der Waals surface area contributed by atoms with Crippen molar-refractivity contribution in [2.75, 3.05) is 13.7 Å². The van der Waals surface area contributed by atoms with E-state index in [9.17, 15) is 4.39 Å². The molecule has 30 heavy (non-hydrogen) atoms. The Morgan fingerprint density at radius 2 is 1.83 bits per heavy atom. The molecule has 0 aliphatic carbocycles. The summed E-state index contributed by atoms with van der Waals surface area (Å²) in [6.07, 6.45) is 2.62. The predicted molar refractivity (Wildman–Crippen MR) is 118 cm³/mol.